The molecule has 5 nitrogen and oxygen atoms in total. The summed E-state index contributed by atoms with van der Waals surface area (Å²) >= 11 is 0. The molecule has 2 N–H and O–H groups in total. The van der Waals surface area contributed by atoms with Gasteiger partial charge >= 0.3 is 0 Å². The van der Waals surface area contributed by atoms with Gasteiger partial charge in [0.15, 0.2) is 5.96 Å². The van der Waals surface area contributed by atoms with Gasteiger partial charge in [0.25, 0.3) is 0 Å². The Labute approximate surface area is 152 Å². The fraction of sp³-hybridized carbons (Fsp3) is 0.650. The summed E-state index contributed by atoms with van der Waals surface area (Å²) in [5.74, 6) is 1.39. The maximum absolute atomic E-state index is 9.93. The second-order valence-electron chi connectivity index (χ2n) is 6.86. The SMILES string of the molecule is CCNC(=NCc1cc(C)c(O)c(C)c1)N1CCC(N(CC)CC)C1. The van der Waals surface area contributed by atoms with Crippen LogP contribution in [0.4, 0.5) is 0 Å². The molecule has 0 aliphatic carbocycles. The summed E-state index contributed by atoms with van der Waals surface area (Å²) in [5.41, 5.74) is 2.97. The van der Waals surface area contributed by atoms with Gasteiger partial charge in [0, 0.05) is 25.7 Å². The molecule has 1 heterocycles. The van der Waals surface area contributed by atoms with Crippen molar-refractivity contribution >= 4 is 5.96 Å². The van der Waals surface area contributed by atoms with Crippen molar-refractivity contribution in [3.63, 3.8) is 0 Å². The van der Waals surface area contributed by atoms with Gasteiger partial charge in [0.05, 0.1) is 6.54 Å². The van der Waals surface area contributed by atoms with Gasteiger partial charge in [0.1, 0.15) is 5.75 Å². The Balaban J connectivity index is 2.09. The average molecular weight is 347 g/mol. The van der Waals surface area contributed by atoms with Crippen LogP contribution in [0, 0.1) is 13.8 Å². The van der Waals surface area contributed by atoms with Gasteiger partial charge in [-0.05, 0) is 57.0 Å². The summed E-state index contributed by atoms with van der Waals surface area (Å²) in [5, 5.41) is 13.4. The first-order valence-corrected chi connectivity index (χ1v) is 9.56. The fourth-order valence-corrected chi connectivity index (χ4v) is 3.70. The molecule has 2 rings (SSSR count). The van der Waals surface area contributed by atoms with E-state index in [1.165, 1.54) is 6.42 Å². The van der Waals surface area contributed by atoms with E-state index in [1.807, 2.05) is 26.0 Å². The number of likely N-dealkylation sites (tertiary alicyclic amines) is 1. The maximum atomic E-state index is 9.93. The van der Waals surface area contributed by atoms with Crippen LogP contribution in [0.25, 0.3) is 0 Å². The molecule has 5 heteroatoms. The monoisotopic (exact) mass is 346 g/mol. The molecule has 1 aliphatic rings. The van der Waals surface area contributed by atoms with Crippen molar-refractivity contribution in [2.24, 2.45) is 4.99 Å². The number of likely N-dealkylation sites (N-methyl/N-ethyl adjacent to an activating group) is 1. The minimum atomic E-state index is 0.390. The maximum Gasteiger partial charge on any atom is 0.194 e. The third-order valence-electron chi connectivity index (χ3n) is 5.09. The molecule has 1 unspecified atom stereocenters. The van der Waals surface area contributed by atoms with Crippen LogP contribution in [-0.4, -0.2) is 59.6 Å². The second kappa shape index (κ2) is 9.09. The molecule has 1 fully saturated rings. The highest BCUT2D eigenvalue weighted by molar-refractivity contribution is 5.80. The molecule has 0 spiro atoms. The van der Waals surface area contributed by atoms with E-state index in [-0.39, 0.29) is 0 Å². The van der Waals surface area contributed by atoms with Crippen LogP contribution in [0.5, 0.6) is 5.75 Å². The summed E-state index contributed by atoms with van der Waals surface area (Å²) in [6.07, 6.45) is 1.20. The molecule has 0 saturated carbocycles. The molecule has 1 aliphatic heterocycles. The molecule has 0 amide bonds. The average Bonchev–Trinajstić information content (AvgIpc) is 3.07. The summed E-state index contributed by atoms with van der Waals surface area (Å²) in [6.45, 7) is 16.3. The van der Waals surface area contributed by atoms with Crippen LogP contribution in [0.2, 0.25) is 0 Å². The zero-order valence-corrected chi connectivity index (χ0v) is 16.5. The van der Waals surface area contributed by atoms with Gasteiger partial charge in [-0.3, -0.25) is 4.90 Å². The Morgan fingerprint density at radius 3 is 2.44 bits per heavy atom. The summed E-state index contributed by atoms with van der Waals surface area (Å²) < 4.78 is 0. The van der Waals surface area contributed by atoms with Gasteiger partial charge in [-0.25, -0.2) is 4.99 Å². The molecule has 1 saturated heterocycles. The fourth-order valence-electron chi connectivity index (χ4n) is 3.70. The molecule has 1 atom stereocenters. The number of nitrogens with one attached hydrogen (secondary N) is 1. The van der Waals surface area contributed by atoms with E-state index in [4.69, 9.17) is 4.99 Å². The lowest BCUT2D eigenvalue weighted by molar-refractivity contribution is 0.223. The smallest absolute Gasteiger partial charge is 0.194 e. The lowest BCUT2D eigenvalue weighted by Gasteiger charge is -2.27. The van der Waals surface area contributed by atoms with Gasteiger partial charge < -0.3 is 15.3 Å². The quantitative estimate of drug-likeness (QED) is 0.614. The van der Waals surface area contributed by atoms with E-state index in [9.17, 15) is 5.11 Å². The molecular formula is C20H34N4O. The van der Waals surface area contributed by atoms with E-state index in [1.54, 1.807) is 0 Å². The van der Waals surface area contributed by atoms with Crippen molar-refractivity contribution in [1.82, 2.24) is 15.1 Å². The third kappa shape index (κ3) is 4.88. The first-order chi connectivity index (χ1) is 12.0. The van der Waals surface area contributed by atoms with Crippen molar-refractivity contribution in [3.8, 4) is 5.75 Å². The number of guanidine groups is 1. The highest BCUT2D eigenvalue weighted by Crippen LogP contribution is 2.23. The van der Waals surface area contributed by atoms with Crippen molar-refractivity contribution in [1.29, 1.82) is 0 Å². The Morgan fingerprint density at radius 1 is 1.24 bits per heavy atom. The lowest BCUT2D eigenvalue weighted by atomic mass is 10.1. The number of phenols is 1. The Morgan fingerprint density at radius 2 is 1.88 bits per heavy atom. The first kappa shape index (κ1) is 19.6. The van der Waals surface area contributed by atoms with E-state index >= 15 is 0 Å². The number of aromatic hydroxyl groups is 1. The third-order valence-corrected chi connectivity index (χ3v) is 5.09. The van der Waals surface area contributed by atoms with E-state index in [0.29, 0.717) is 18.3 Å². The van der Waals surface area contributed by atoms with E-state index < -0.39 is 0 Å². The number of nitrogens with zero attached hydrogens (tertiary/aromatic N) is 3. The largest absolute Gasteiger partial charge is 0.507 e. The highest BCUT2D eigenvalue weighted by atomic mass is 16.3. The van der Waals surface area contributed by atoms with Crippen molar-refractivity contribution < 1.29 is 5.11 Å². The number of aliphatic imine (C=N–C) groups is 1. The molecule has 0 bridgehead atoms. The van der Waals surface area contributed by atoms with Crippen LogP contribution in [-0.2, 0) is 6.54 Å². The summed E-state index contributed by atoms with van der Waals surface area (Å²) in [6, 6.07) is 4.67. The molecule has 25 heavy (non-hydrogen) atoms. The normalized spacial score (nSPS) is 18.2. The van der Waals surface area contributed by atoms with Gasteiger partial charge in [-0.15, -0.1) is 0 Å². The van der Waals surface area contributed by atoms with Crippen LogP contribution >= 0.6 is 0 Å². The van der Waals surface area contributed by atoms with Gasteiger partial charge in [-0.1, -0.05) is 26.0 Å². The van der Waals surface area contributed by atoms with Crippen LogP contribution in [0.15, 0.2) is 17.1 Å². The molecule has 0 aromatic heterocycles. The van der Waals surface area contributed by atoms with Crippen molar-refractivity contribution in [2.45, 2.75) is 53.6 Å². The number of hydrogen-bond acceptors (Lipinski definition) is 3. The second-order valence-corrected chi connectivity index (χ2v) is 6.86. The number of rotatable bonds is 6. The number of benzene rings is 1. The van der Waals surface area contributed by atoms with Crippen LogP contribution in [0.1, 0.15) is 43.9 Å². The van der Waals surface area contributed by atoms with Gasteiger partial charge in [0.2, 0.25) is 0 Å². The van der Waals surface area contributed by atoms with Gasteiger partial charge in [-0.2, -0.15) is 0 Å². The number of phenolic OH excluding ortho intramolecular Hbond substituents is 1. The molecule has 0 radical (unpaired) electrons. The summed E-state index contributed by atoms with van der Waals surface area (Å²) in [7, 11) is 0. The van der Waals surface area contributed by atoms with Crippen LogP contribution in [0.3, 0.4) is 0 Å². The minimum Gasteiger partial charge on any atom is -0.507 e. The predicted molar refractivity (Wildman–Crippen MR) is 105 cm³/mol. The minimum absolute atomic E-state index is 0.390. The molecule has 140 valence electrons. The number of aryl methyl sites for hydroxylation is 2. The Hall–Kier alpha value is -1.75. The standard InChI is InChI=1S/C20H34N4O/c1-6-21-20(24-10-9-18(14-24)23(7-2)8-3)22-13-17-11-15(4)19(25)16(5)12-17/h11-12,18,25H,6-10,13-14H2,1-5H3,(H,21,22). The first-order valence-electron chi connectivity index (χ1n) is 9.56. The van der Waals surface area contributed by atoms with Crippen LogP contribution < -0.4 is 5.32 Å². The number of hydrogen-bond donors (Lipinski definition) is 2. The topological polar surface area (TPSA) is 51.1 Å². The van der Waals surface area contributed by atoms with Crippen molar-refractivity contribution in [3.05, 3.63) is 28.8 Å². The molecule has 1 aromatic carbocycles. The highest BCUT2D eigenvalue weighted by Gasteiger charge is 2.27. The Kier molecular flexibility index (Phi) is 7.12. The van der Waals surface area contributed by atoms with E-state index in [2.05, 4.69) is 35.9 Å². The summed E-state index contributed by atoms with van der Waals surface area (Å²) in [4.78, 5) is 9.77. The zero-order chi connectivity index (χ0) is 18.4. The van der Waals surface area contributed by atoms with Crippen molar-refractivity contribution in [2.75, 3.05) is 32.7 Å². The Bertz CT molecular complexity index is 572. The van der Waals surface area contributed by atoms with E-state index in [0.717, 1.165) is 55.4 Å². The molecule has 1 aromatic rings. The molecular weight excluding hydrogens is 312 g/mol. The lowest BCUT2D eigenvalue weighted by Crippen LogP contribution is -2.43. The predicted octanol–water partition coefficient (Wildman–Crippen LogP) is 2.89. The zero-order valence-electron chi connectivity index (χ0n) is 16.5.